The number of rotatable bonds is 5. The molecule has 2 aliphatic heterocycles. The van der Waals surface area contributed by atoms with Crippen molar-refractivity contribution in [3.63, 3.8) is 0 Å². The Labute approximate surface area is 167 Å². The number of carbonyl (C=O) groups excluding carboxylic acids is 1. The first kappa shape index (κ1) is 19.2. The number of oxime groups is 1. The van der Waals surface area contributed by atoms with Crippen LogP contribution in [0.4, 0.5) is 5.69 Å². The summed E-state index contributed by atoms with van der Waals surface area (Å²) in [6, 6.07) is 7.31. The van der Waals surface area contributed by atoms with Gasteiger partial charge < -0.3 is 14.9 Å². The first-order chi connectivity index (χ1) is 13.7. The summed E-state index contributed by atoms with van der Waals surface area (Å²) >= 11 is 0. The van der Waals surface area contributed by atoms with Crippen molar-refractivity contribution in [2.45, 2.75) is 57.0 Å². The molecule has 1 amide bonds. The number of piperidine rings is 1. The molecule has 28 heavy (non-hydrogen) atoms. The minimum absolute atomic E-state index is 0.175. The fourth-order valence-electron chi connectivity index (χ4n) is 4.82. The zero-order valence-electron chi connectivity index (χ0n) is 16.8. The van der Waals surface area contributed by atoms with Crippen LogP contribution in [0.25, 0.3) is 0 Å². The van der Waals surface area contributed by atoms with E-state index >= 15 is 0 Å². The van der Waals surface area contributed by atoms with Crippen molar-refractivity contribution in [3.8, 4) is 5.75 Å². The van der Waals surface area contributed by atoms with E-state index in [0.717, 1.165) is 43.3 Å². The van der Waals surface area contributed by atoms with Crippen molar-refractivity contribution >= 4 is 17.3 Å². The number of anilines is 1. The van der Waals surface area contributed by atoms with E-state index in [9.17, 15) is 4.79 Å². The smallest absolute Gasteiger partial charge is 0.273 e. The molecule has 3 aliphatic rings. The van der Waals surface area contributed by atoms with Crippen LogP contribution in [0, 0.1) is 5.92 Å². The van der Waals surface area contributed by atoms with Gasteiger partial charge in [-0.05, 0) is 62.4 Å². The molecule has 152 valence electrons. The molecule has 0 aromatic heterocycles. The summed E-state index contributed by atoms with van der Waals surface area (Å²) in [5.41, 5.74) is 0.909. The molecule has 1 saturated carbocycles. The van der Waals surface area contributed by atoms with Crippen molar-refractivity contribution in [2.24, 2.45) is 11.1 Å². The lowest BCUT2D eigenvalue weighted by molar-refractivity contribution is -0.110. The summed E-state index contributed by atoms with van der Waals surface area (Å²) in [5, 5.41) is 7.09. The molecule has 6 heteroatoms. The third-order valence-corrected chi connectivity index (χ3v) is 6.31. The van der Waals surface area contributed by atoms with E-state index in [0.29, 0.717) is 12.1 Å². The molecular formula is C22H31N3O3. The summed E-state index contributed by atoms with van der Waals surface area (Å²) < 4.78 is 5.15. The second kappa shape index (κ2) is 8.52. The number of nitrogens with one attached hydrogen (secondary N) is 1. The van der Waals surface area contributed by atoms with Gasteiger partial charge in [0.15, 0.2) is 5.60 Å². The van der Waals surface area contributed by atoms with Gasteiger partial charge in [-0.3, -0.25) is 9.69 Å². The van der Waals surface area contributed by atoms with Gasteiger partial charge in [-0.15, -0.1) is 0 Å². The summed E-state index contributed by atoms with van der Waals surface area (Å²) in [6.07, 6.45) is 9.53. The molecule has 2 heterocycles. The van der Waals surface area contributed by atoms with Gasteiger partial charge in [-0.2, -0.15) is 0 Å². The molecule has 4 rings (SSSR count). The molecule has 1 N–H and O–H groups in total. The number of benzene rings is 1. The van der Waals surface area contributed by atoms with Gasteiger partial charge in [0.1, 0.15) is 11.5 Å². The fraction of sp³-hybridized carbons (Fsp3) is 0.636. The van der Waals surface area contributed by atoms with E-state index < -0.39 is 0 Å². The quantitative estimate of drug-likeness (QED) is 0.837. The van der Waals surface area contributed by atoms with Crippen LogP contribution in [0.1, 0.15) is 51.4 Å². The van der Waals surface area contributed by atoms with E-state index in [-0.39, 0.29) is 11.5 Å². The van der Waals surface area contributed by atoms with Crippen LogP contribution < -0.4 is 10.1 Å². The molecule has 0 radical (unpaired) electrons. The highest BCUT2D eigenvalue weighted by molar-refractivity contribution is 6.43. The molecule has 1 atom stereocenters. The Morgan fingerprint density at radius 1 is 1.25 bits per heavy atom. The van der Waals surface area contributed by atoms with Gasteiger partial charge in [0.2, 0.25) is 0 Å². The lowest BCUT2D eigenvalue weighted by Gasteiger charge is -2.40. The summed E-state index contributed by atoms with van der Waals surface area (Å²) in [7, 11) is 1.62. The summed E-state index contributed by atoms with van der Waals surface area (Å²) in [5.74, 6) is 1.41. The first-order valence-corrected chi connectivity index (χ1v) is 10.6. The van der Waals surface area contributed by atoms with E-state index in [1.54, 1.807) is 7.11 Å². The average molecular weight is 386 g/mol. The van der Waals surface area contributed by atoms with Gasteiger partial charge >= 0.3 is 0 Å². The monoisotopic (exact) mass is 385 g/mol. The maximum absolute atomic E-state index is 12.6. The third kappa shape index (κ3) is 4.49. The van der Waals surface area contributed by atoms with Gasteiger partial charge in [-0.25, -0.2) is 0 Å². The minimum Gasteiger partial charge on any atom is -0.497 e. The van der Waals surface area contributed by atoms with Crippen LogP contribution in [-0.4, -0.2) is 48.9 Å². The van der Waals surface area contributed by atoms with Crippen LogP contribution in [0.3, 0.4) is 0 Å². The van der Waals surface area contributed by atoms with Gasteiger partial charge in [-0.1, -0.05) is 24.4 Å². The van der Waals surface area contributed by atoms with Crippen LogP contribution in [0.2, 0.25) is 0 Å². The first-order valence-electron chi connectivity index (χ1n) is 10.6. The molecule has 0 bridgehead atoms. The van der Waals surface area contributed by atoms with Crippen molar-refractivity contribution < 1.29 is 14.4 Å². The number of amides is 1. The van der Waals surface area contributed by atoms with Crippen LogP contribution >= 0.6 is 0 Å². The highest BCUT2D eigenvalue weighted by Gasteiger charge is 2.44. The van der Waals surface area contributed by atoms with Gasteiger partial charge in [0, 0.05) is 25.2 Å². The number of hydrogen-bond donors (Lipinski definition) is 1. The highest BCUT2D eigenvalue weighted by atomic mass is 16.7. The number of nitrogens with zero attached hydrogens (tertiary/aromatic N) is 2. The summed E-state index contributed by atoms with van der Waals surface area (Å²) in [4.78, 5) is 21.0. The van der Waals surface area contributed by atoms with Crippen LogP contribution in [-0.2, 0) is 9.63 Å². The molecule has 1 unspecified atom stereocenters. The Morgan fingerprint density at radius 2 is 2.04 bits per heavy atom. The van der Waals surface area contributed by atoms with Gasteiger partial charge in [0.05, 0.1) is 7.11 Å². The molecule has 6 nitrogen and oxygen atoms in total. The van der Waals surface area contributed by atoms with Crippen LogP contribution in [0.15, 0.2) is 29.4 Å². The van der Waals surface area contributed by atoms with Crippen molar-refractivity contribution in [1.29, 1.82) is 0 Å². The Morgan fingerprint density at radius 3 is 2.79 bits per heavy atom. The highest BCUT2D eigenvalue weighted by Crippen LogP contribution is 2.35. The Kier molecular flexibility index (Phi) is 5.85. The predicted octanol–water partition coefficient (Wildman–Crippen LogP) is 3.82. The van der Waals surface area contributed by atoms with Gasteiger partial charge in [0.25, 0.3) is 5.91 Å². The maximum Gasteiger partial charge on any atom is 0.273 e. The molecule has 1 aromatic rings. The normalized spacial score (nSPS) is 26.0. The van der Waals surface area contributed by atoms with E-state index in [2.05, 4.69) is 15.4 Å². The van der Waals surface area contributed by atoms with Crippen molar-refractivity contribution in [2.75, 3.05) is 32.1 Å². The van der Waals surface area contributed by atoms with Crippen molar-refractivity contribution in [3.05, 3.63) is 24.3 Å². The minimum atomic E-state index is -0.320. The Balaban J connectivity index is 1.31. The lowest BCUT2D eigenvalue weighted by atomic mass is 9.85. The zero-order valence-corrected chi connectivity index (χ0v) is 16.8. The zero-order chi connectivity index (χ0) is 19.4. The molecule has 1 aliphatic carbocycles. The predicted molar refractivity (Wildman–Crippen MR) is 110 cm³/mol. The SMILES string of the molecule is COc1ccc(NC(=O)C2=NOC3(CCCN(CC4CCCCC4)C3)C2)cc1. The Bertz CT molecular complexity index is 712. The largest absolute Gasteiger partial charge is 0.497 e. The van der Waals surface area contributed by atoms with E-state index in [4.69, 9.17) is 9.57 Å². The molecule has 1 spiro atoms. The van der Waals surface area contributed by atoms with E-state index in [1.165, 1.54) is 38.6 Å². The second-order valence-electron chi connectivity index (χ2n) is 8.51. The number of ether oxygens (including phenoxy) is 1. The number of likely N-dealkylation sites (tertiary alicyclic amines) is 1. The maximum atomic E-state index is 12.6. The number of methoxy groups -OCH3 is 1. The van der Waals surface area contributed by atoms with Crippen molar-refractivity contribution in [1.82, 2.24) is 4.90 Å². The summed E-state index contributed by atoms with van der Waals surface area (Å²) in [6.45, 7) is 3.18. The number of carbonyl (C=O) groups is 1. The molecule has 2 fully saturated rings. The van der Waals surface area contributed by atoms with E-state index in [1.807, 2.05) is 24.3 Å². The molecule has 1 saturated heterocycles. The molecule has 1 aromatic carbocycles. The number of hydrogen-bond acceptors (Lipinski definition) is 5. The standard InChI is InChI=1S/C22H31N3O3/c1-27-19-10-8-18(9-11-19)23-21(26)20-14-22(28-24-20)12-5-13-25(16-22)15-17-6-3-2-4-7-17/h8-11,17H,2-7,12-16H2,1H3,(H,23,26). The Hall–Kier alpha value is -2.08. The topological polar surface area (TPSA) is 63.2 Å². The molecular weight excluding hydrogens is 354 g/mol. The van der Waals surface area contributed by atoms with Crippen LogP contribution in [0.5, 0.6) is 5.75 Å². The average Bonchev–Trinajstić information content (AvgIpc) is 3.12. The lowest BCUT2D eigenvalue weighted by Crippen LogP contribution is -2.50. The fourth-order valence-corrected chi connectivity index (χ4v) is 4.82. The second-order valence-corrected chi connectivity index (χ2v) is 8.51. The third-order valence-electron chi connectivity index (χ3n) is 6.31.